The van der Waals surface area contributed by atoms with Crippen LogP contribution >= 0.6 is 12.4 Å². The van der Waals surface area contributed by atoms with Crippen molar-refractivity contribution in [1.82, 2.24) is 25.4 Å². The minimum absolute atomic E-state index is 0. The van der Waals surface area contributed by atoms with E-state index in [1.165, 1.54) is 24.1 Å². The Morgan fingerprint density at radius 3 is 2.71 bits per heavy atom. The second-order valence-electron chi connectivity index (χ2n) is 5.96. The molecule has 154 valence electrons. The molecule has 0 bridgehead atoms. The van der Waals surface area contributed by atoms with E-state index in [-0.39, 0.29) is 31.3 Å². The molecule has 7 nitrogen and oxygen atoms in total. The van der Waals surface area contributed by atoms with Crippen molar-refractivity contribution in [2.45, 2.75) is 31.4 Å². The summed E-state index contributed by atoms with van der Waals surface area (Å²) in [5.74, 6) is -0.294. The smallest absolute Gasteiger partial charge is 0.433 e. The quantitative estimate of drug-likeness (QED) is 0.719. The van der Waals surface area contributed by atoms with Crippen LogP contribution < -0.4 is 15.4 Å². The highest BCUT2D eigenvalue weighted by molar-refractivity contribution is 5.85. The molecule has 1 aliphatic heterocycles. The molecular formula is C16H18ClF4N5O2. The maximum Gasteiger partial charge on any atom is 0.433 e. The summed E-state index contributed by atoms with van der Waals surface area (Å²) in [7, 11) is 1.37. The normalized spacial score (nSPS) is 19.2. The summed E-state index contributed by atoms with van der Waals surface area (Å²) in [6.07, 6.45) is -2.96. The summed E-state index contributed by atoms with van der Waals surface area (Å²) in [6, 6.07) is 1.17. The predicted molar refractivity (Wildman–Crippen MR) is 93.3 cm³/mol. The van der Waals surface area contributed by atoms with Crippen LogP contribution in [0.2, 0.25) is 0 Å². The third kappa shape index (κ3) is 4.71. The van der Waals surface area contributed by atoms with Gasteiger partial charge in [-0.2, -0.15) is 13.2 Å². The first-order valence-corrected chi connectivity index (χ1v) is 8.11. The standard InChI is InChI=1S/C16H17F4N5O2.ClH/c1-27-15-9(6-23-14(26)13-11(17)4-5-21-13)8-25(24-15)10-2-3-12(22-7-10)16(18,19)20;/h2-3,7-8,11,13,21H,4-6H2,1H3,(H,23,26);1H/t11-,13-;/m0./s1. The molecule has 0 aliphatic carbocycles. The summed E-state index contributed by atoms with van der Waals surface area (Å²) in [5.41, 5.74) is -0.234. The first-order chi connectivity index (χ1) is 12.8. The van der Waals surface area contributed by atoms with Gasteiger partial charge in [0.15, 0.2) is 0 Å². The van der Waals surface area contributed by atoms with Crippen molar-refractivity contribution in [3.8, 4) is 11.6 Å². The van der Waals surface area contributed by atoms with Crippen LogP contribution in [0.5, 0.6) is 5.88 Å². The van der Waals surface area contributed by atoms with Crippen molar-refractivity contribution >= 4 is 18.3 Å². The van der Waals surface area contributed by atoms with Crippen molar-refractivity contribution in [3.63, 3.8) is 0 Å². The average Bonchev–Trinajstić information content (AvgIpc) is 3.25. The van der Waals surface area contributed by atoms with Gasteiger partial charge in [-0.05, 0) is 25.1 Å². The van der Waals surface area contributed by atoms with Crippen molar-refractivity contribution in [2.24, 2.45) is 0 Å². The molecule has 3 heterocycles. The molecule has 1 amide bonds. The molecule has 3 rings (SSSR count). The Labute approximate surface area is 163 Å². The fraction of sp³-hybridized carbons (Fsp3) is 0.438. The number of nitrogens with zero attached hydrogens (tertiary/aromatic N) is 3. The molecule has 2 atom stereocenters. The minimum Gasteiger partial charge on any atom is -0.480 e. The molecule has 0 radical (unpaired) electrons. The van der Waals surface area contributed by atoms with Crippen LogP contribution in [0.3, 0.4) is 0 Å². The van der Waals surface area contributed by atoms with E-state index in [2.05, 4.69) is 20.7 Å². The van der Waals surface area contributed by atoms with Gasteiger partial charge in [-0.25, -0.2) is 14.1 Å². The van der Waals surface area contributed by atoms with Crippen LogP contribution in [0.15, 0.2) is 24.5 Å². The van der Waals surface area contributed by atoms with Crippen LogP contribution in [0.1, 0.15) is 17.7 Å². The number of carbonyl (C=O) groups excluding carboxylic acids is 1. The second kappa shape index (κ2) is 8.74. The number of amides is 1. The van der Waals surface area contributed by atoms with E-state index in [0.717, 1.165) is 12.3 Å². The molecule has 0 unspecified atom stereocenters. The Kier molecular flexibility index (Phi) is 6.83. The SMILES string of the molecule is COc1nn(-c2ccc(C(F)(F)F)nc2)cc1CNC(=O)[C@H]1NCC[C@@H]1F.Cl. The van der Waals surface area contributed by atoms with Crippen LogP contribution in [-0.2, 0) is 17.5 Å². The maximum absolute atomic E-state index is 13.6. The third-order valence-electron chi connectivity index (χ3n) is 4.13. The van der Waals surface area contributed by atoms with Gasteiger partial charge in [-0.3, -0.25) is 4.79 Å². The molecule has 0 spiro atoms. The zero-order valence-corrected chi connectivity index (χ0v) is 15.5. The van der Waals surface area contributed by atoms with Crippen molar-refractivity contribution in [3.05, 3.63) is 35.8 Å². The fourth-order valence-corrected chi connectivity index (χ4v) is 2.73. The van der Waals surface area contributed by atoms with Crippen LogP contribution in [0.4, 0.5) is 17.6 Å². The fourth-order valence-electron chi connectivity index (χ4n) is 2.73. The van der Waals surface area contributed by atoms with Crippen LogP contribution in [0.25, 0.3) is 5.69 Å². The summed E-state index contributed by atoms with van der Waals surface area (Å²) in [4.78, 5) is 15.4. The number of pyridine rings is 1. The van der Waals surface area contributed by atoms with Crippen molar-refractivity contribution in [1.29, 1.82) is 0 Å². The Bertz CT molecular complexity index is 812. The molecule has 2 aromatic rings. The van der Waals surface area contributed by atoms with E-state index in [9.17, 15) is 22.4 Å². The number of hydrogen-bond acceptors (Lipinski definition) is 5. The number of ether oxygens (including phenoxy) is 1. The predicted octanol–water partition coefficient (Wildman–Crippen LogP) is 2.03. The Hall–Kier alpha value is -2.40. The van der Waals surface area contributed by atoms with Crippen molar-refractivity contribution in [2.75, 3.05) is 13.7 Å². The van der Waals surface area contributed by atoms with Gasteiger partial charge in [0.2, 0.25) is 11.8 Å². The molecule has 0 aromatic carbocycles. The summed E-state index contributed by atoms with van der Waals surface area (Å²) in [5, 5.41) is 9.49. The minimum atomic E-state index is -4.53. The van der Waals surface area contributed by atoms with E-state index >= 15 is 0 Å². The van der Waals surface area contributed by atoms with E-state index in [1.807, 2.05) is 0 Å². The number of halogens is 5. The van der Waals surface area contributed by atoms with E-state index in [0.29, 0.717) is 17.8 Å². The number of rotatable bonds is 5. The lowest BCUT2D eigenvalue weighted by Crippen LogP contribution is -2.44. The molecule has 0 saturated carbocycles. The number of carbonyl (C=O) groups is 1. The molecule has 28 heavy (non-hydrogen) atoms. The zero-order chi connectivity index (χ0) is 19.6. The molecule has 1 saturated heterocycles. The van der Waals surface area contributed by atoms with Gasteiger partial charge in [0.25, 0.3) is 0 Å². The molecule has 2 aromatic heterocycles. The zero-order valence-electron chi connectivity index (χ0n) is 14.7. The van der Waals surface area contributed by atoms with Gasteiger partial charge in [0.1, 0.15) is 17.9 Å². The monoisotopic (exact) mass is 423 g/mol. The molecule has 2 N–H and O–H groups in total. The Morgan fingerprint density at radius 2 is 2.18 bits per heavy atom. The van der Waals surface area contributed by atoms with Gasteiger partial charge in [-0.15, -0.1) is 17.5 Å². The lowest BCUT2D eigenvalue weighted by Gasteiger charge is -2.13. The summed E-state index contributed by atoms with van der Waals surface area (Å²) < 4.78 is 57.8. The number of aromatic nitrogens is 3. The summed E-state index contributed by atoms with van der Waals surface area (Å²) in [6.45, 7) is 0.461. The van der Waals surface area contributed by atoms with E-state index in [1.54, 1.807) is 0 Å². The van der Waals surface area contributed by atoms with Gasteiger partial charge in [0, 0.05) is 12.7 Å². The first kappa shape index (κ1) is 21.9. The number of methoxy groups -OCH3 is 1. The largest absolute Gasteiger partial charge is 0.480 e. The third-order valence-corrected chi connectivity index (χ3v) is 4.13. The Morgan fingerprint density at radius 1 is 1.43 bits per heavy atom. The van der Waals surface area contributed by atoms with Crippen LogP contribution in [-0.4, -0.2) is 46.5 Å². The van der Waals surface area contributed by atoms with E-state index < -0.39 is 30.0 Å². The molecule has 1 fully saturated rings. The maximum atomic E-state index is 13.6. The molecule has 1 aliphatic rings. The highest BCUT2D eigenvalue weighted by Gasteiger charge is 2.33. The van der Waals surface area contributed by atoms with Gasteiger partial charge in [-0.1, -0.05) is 0 Å². The van der Waals surface area contributed by atoms with Crippen molar-refractivity contribution < 1.29 is 27.1 Å². The first-order valence-electron chi connectivity index (χ1n) is 8.11. The van der Waals surface area contributed by atoms with E-state index in [4.69, 9.17) is 4.74 Å². The molecule has 12 heteroatoms. The Balaban J connectivity index is 0.00000280. The summed E-state index contributed by atoms with van der Waals surface area (Å²) >= 11 is 0. The number of alkyl halides is 4. The number of nitrogens with one attached hydrogen (secondary N) is 2. The lowest BCUT2D eigenvalue weighted by molar-refractivity contribution is -0.141. The van der Waals surface area contributed by atoms with Crippen LogP contribution in [0, 0.1) is 0 Å². The van der Waals surface area contributed by atoms with Gasteiger partial charge in [0.05, 0.1) is 24.6 Å². The topological polar surface area (TPSA) is 81.1 Å². The highest BCUT2D eigenvalue weighted by atomic mass is 35.5. The average molecular weight is 424 g/mol. The number of hydrogen-bond donors (Lipinski definition) is 2. The van der Waals surface area contributed by atoms with Gasteiger partial charge < -0.3 is 15.4 Å². The van der Waals surface area contributed by atoms with Gasteiger partial charge >= 0.3 is 6.18 Å². The highest BCUT2D eigenvalue weighted by Crippen LogP contribution is 2.28. The lowest BCUT2D eigenvalue weighted by atomic mass is 10.2. The second-order valence-corrected chi connectivity index (χ2v) is 5.96. The molecular weight excluding hydrogens is 406 g/mol.